The van der Waals surface area contributed by atoms with Crippen LogP contribution in [0.15, 0.2) is 0 Å². The van der Waals surface area contributed by atoms with Crippen molar-refractivity contribution in [1.82, 2.24) is 5.32 Å². The van der Waals surface area contributed by atoms with Gasteiger partial charge in [-0.2, -0.15) is 0 Å². The number of aliphatic carboxylic acids is 1. The first-order valence-corrected chi connectivity index (χ1v) is 7.14. The standard InChI is InChI=1S/C14H23NO3/c16-13(8-10-2-1-3-10)15-9-11-4-6-12(7-5-11)14(17)18/h10-12H,1-9H2,(H,15,16)(H,17,18). The molecule has 4 heteroatoms. The molecule has 0 radical (unpaired) electrons. The summed E-state index contributed by atoms with van der Waals surface area (Å²) >= 11 is 0. The summed E-state index contributed by atoms with van der Waals surface area (Å²) in [5.74, 6) is 0.452. The quantitative estimate of drug-likeness (QED) is 0.789. The highest BCUT2D eigenvalue weighted by Gasteiger charge is 2.26. The van der Waals surface area contributed by atoms with Crippen LogP contribution in [0.25, 0.3) is 0 Å². The van der Waals surface area contributed by atoms with Crippen LogP contribution in [0.3, 0.4) is 0 Å². The van der Waals surface area contributed by atoms with E-state index in [-0.39, 0.29) is 11.8 Å². The smallest absolute Gasteiger partial charge is 0.306 e. The van der Waals surface area contributed by atoms with Crippen molar-refractivity contribution in [3.8, 4) is 0 Å². The van der Waals surface area contributed by atoms with E-state index in [1.165, 1.54) is 19.3 Å². The third-order valence-electron chi connectivity index (χ3n) is 4.48. The Kier molecular flexibility index (Phi) is 4.61. The van der Waals surface area contributed by atoms with E-state index >= 15 is 0 Å². The fourth-order valence-electron chi connectivity index (χ4n) is 2.90. The van der Waals surface area contributed by atoms with Gasteiger partial charge >= 0.3 is 5.97 Å². The van der Waals surface area contributed by atoms with Gasteiger partial charge < -0.3 is 10.4 Å². The molecule has 0 atom stereocenters. The van der Waals surface area contributed by atoms with Crippen LogP contribution in [0.4, 0.5) is 0 Å². The first-order chi connectivity index (χ1) is 8.65. The van der Waals surface area contributed by atoms with Gasteiger partial charge in [-0.25, -0.2) is 0 Å². The molecule has 0 spiro atoms. The Morgan fingerprint density at radius 2 is 1.67 bits per heavy atom. The Morgan fingerprint density at radius 3 is 2.17 bits per heavy atom. The zero-order valence-electron chi connectivity index (χ0n) is 10.9. The number of carbonyl (C=O) groups excluding carboxylic acids is 1. The molecule has 102 valence electrons. The Bertz CT molecular complexity index is 304. The fraction of sp³-hybridized carbons (Fsp3) is 0.857. The number of amides is 1. The summed E-state index contributed by atoms with van der Waals surface area (Å²) in [7, 11) is 0. The first kappa shape index (κ1) is 13.4. The van der Waals surface area contributed by atoms with Crippen LogP contribution in [-0.2, 0) is 9.59 Å². The summed E-state index contributed by atoms with van der Waals surface area (Å²) in [5, 5.41) is 11.9. The molecule has 0 heterocycles. The number of carboxylic acid groups (broad SMARTS) is 1. The SMILES string of the molecule is O=C(CC1CCC1)NCC1CCC(C(=O)O)CC1. The van der Waals surface area contributed by atoms with E-state index in [9.17, 15) is 9.59 Å². The van der Waals surface area contributed by atoms with E-state index in [1.807, 2.05) is 0 Å². The van der Waals surface area contributed by atoms with Crippen molar-refractivity contribution in [2.45, 2.75) is 51.4 Å². The van der Waals surface area contributed by atoms with Crippen LogP contribution in [0.1, 0.15) is 51.4 Å². The minimum Gasteiger partial charge on any atom is -0.481 e. The van der Waals surface area contributed by atoms with E-state index in [0.29, 0.717) is 18.3 Å². The van der Waals surface area contributed by atoms with Gasteiger partial charge in [-0.15, -0.1) is 0 Å². The third-order valence-corrected chi connectivity index (χ3v) is 4.48. The second-order valence-corrected chi connectivity index (χ2v) is 5.86. The summed E-state index contributed by atoms with van der Waals surface area (Å²) in [6, 6.07) is 0. The monoisotopic (exact) mass is 253 g/mol. The topological polar surface area (TPSA) is 66.4 Å². The molecule has 0 bridgehead atoms. The molecule has 0 unspecified atom stereocenters. The molecule has 2 aliphatic carbocycles. The van der Waals surface area contributed by atoms with Crippen molar-refractivity contribution in [1.29, 1.82) is 0 Å². The zero-order valence-corrected chi connectivity index (χ0v) is 10.9. The molecule has 2 saturated carbocycles. The Hall–Kier alpha value is -1.06. The second kappa shape index (κ2) is 6.21. The van der Waals surface area contributed by atoms with Crippen LogP contribution in [-0.4, -0.2) is 23.5 Å². The number of carboxylic acids is 1. The zero-order chi connectivity index (χ0) is 13.0. The minimum atomic E-state index is -0.664. The molecule has 2 N–H and O–H groups in total. The lowest BCUT2D eigenvalue weighted by molar-refractivity contribution is -0.143. The second-order valence-electron chi connectivity index (χ2n) is 5.86. The average Bonchev–Trinajstić information content (AvgIpc) is 2.32. The van der Waals surface area contributed by atoms with E-state index < -0.39 is 5.97 Å². The van der Waals surface area contributed by atoms with Crippen LogP contribution in [0.5, 0.6) is 0 Å². The van der Waals surface area contributed by atoms with Crippen LogP contribution >= 0.6 is 0 Å². The fourth-order valence-corrected chi connectivity index (χ4v) is 2.90. The summed E-state index contributed by atoms with van der Waals surface area (Å²) in [5.41, 5.74) is 0. The average molecular weight is 253 g/mol. The molecular formula is C14H23NO3. The van der Waals surface area contributed by atoms with Crippen LogP contribution < -0.4 is 5.32 Å². The lowest BCUT2D eigenvalue weighted by Crippen LogP contribution is -2.34. The molecule has 2 aliphatic rings. The molecular weight excluding hydrogens is 230 g/mol. The lowest BCUT2D eigenvalue weighted by Gasteiger charge is -2.27. The molecule has 2 fully saturated rings. The molecule has 0 aromatic heterocycles. The number of carbonyl (C=O) groups is 2. The van der Waals surface area contributed by atoms with Crippen molar-refractivity contribution in [2.24, 2.45) is 17.8 Å². The molecule has 2 rings (SSSR count). The Labute approximate surface area is 108 Å². The van der Waals surface area contributed by atoms with Gasteiger partial charge in [0.2, 0.25) is 5.91 Å². The number of nitrogens with one attached hydrogen (secondary N) is 1. The summed E-state index contributed by atoms with van der Waals surface area (Å²) in [6.07, 6.45) is 7.76. The molecule has 0 aromatic rings. The Balaban J connectivity index is 1.59. The third kappa shape index (κ3) is 3.72. The highest BCUT2D eigenvalue weighted by atomic mass is 16.4. The molecule has 0 aliphatic heterocycles. The number of rotatable bonds is 5. The molecule has 18 heavy (non-hydrogen) atoms. The normalized spacial score (nSPS) is 28.4. The van der Waals surface area contributed by atoms with Crippen molar-refractivity contribution >= 4 is 11.9 Å². The minimum absolute atomic E-state index is 0.160. The van der Waals surface area contributed by atoms with Gasteiger partial charge in [0.25, 0.3) is 0 Å². The first-order valence-electron chi connectivity index (χ1n) is 7.14. The van der Waals surface area contributed by atoms with Gasteiger partial charge in [0, 0.05) is 13.0 Å². The molecule has 0 saturated heterocycles. The van der Waals surface area contributed by atoms with Crippen LogP contribution in [0.2, 0.25) is 0 Å². The van der Waals surface area contributed by atoms with E-state index in [0.717, 1.165) is 32.2 Å². The summed E-state index contributed by atoms with van der Waals surface area (Å²) in [6.45, 7) is 0.734. The number of hydrogen-bond donors (Lipinski definition) is 2. The van der Waals surface area contributed by atoms with Gasteiger partial charge in [0.15, 0.2) is 0 Å². The van der Waals surface area contributed by atoms with Gasteiger partial charge in [-0.1, -0.05) is 6.42 Å². The highest BCUT2D eigenvalue weighted by molar-refractivity contribution is 5.76. The Morgan fingerprint density at radius 1 is 1.00 bits per heavy atom. The molecule has 0 aromatic carbocycles. The van der Waals surface area contributed by atoms with Gasteiger partial charge in [0.05, 0.1) is 5.92 Å². The predicted octanol–water partition coefficient (Wildman–Crippen LogP) is 2.18. The highest BCUT2D eigenvalue weighted by Crippen LogP contribution is 2.30. The van der Waals surface area contributed by atoms with Crippen molar-refractivity contribution in [3.05, 3.63) is 0 Å². The van der Waals surface area contributed by atoms with Crippen molar-refractivity contribution in [2.75, 3.05) is 6.54 Å². The van der Waals surface area contributed by atoms with E-state index in [4.69, 9.17) is 5.11 Å². The number of hydrogen-bond acceptors (Lipinski definition) is 2. The molecule has 1 amide bonds. The van der Waals surface area contributed by atoms with E-state index in [2.05, 4.69) is 5.32 Å². The largest absolute Gasteiger partial charge is 0.481 e. The summed E-state index contributed by atoms with van der Waals surface area (Å²) < 4.78 is 0. The van der Waals surface area contributed by atoms with E-state index in [1.54, 1.807) is 0 Å². The lowest BCUT2D eigenvalue weighted by atomic mass is 9.81. The maximum atomic E-state index is 11.7. The summed E-state index contributed by atoms with van der Waals surface area (Å²) in [4.78, 5) is 22.5. The van der Waals surface area contributed by atoms with Crippen molar-refractivity contribution < 1.29 is 14.7 Å². The van der Waals surface area contributed by atoms with Crippen LogP contribution in [0, 0.1) is 17.8 Å². The van der Waals surface area contributed by atoms with Crippen molar-refractivity contribution in [3.63, 3.8) is 0 Å². The maximum absolute atomic E-state index is 11.7. The predicted molar refractivity (Wildman–Crippen MR) is 68.1 cm³/mol. The molecule has 4 nitrogen and oxygen atoms in total. The van der Waals surface area contributed by atoms with Gasteiger partial charge in [-0.3, -0.25) is 9.59 Å². The van der Waals surface area contributed by atoms with Gasteiger partial charge in [-0.05, 0) is 50.4 Å². The maximum Gasteiger partial charge on any atom is 0.306 e. The van der Waals surface area contributed by atoms with Gasteiger partial charge in [0.1, 0.15) is 0 Å².